The van der Waals surface area contributed by atoms with Crippen molar-refractivity contribution < 1.29 is 9.59 Å². The second kappa shape index (κ2) is 5.96. The molecule has 0 N–H and O–H groups in total. The summed E-state index contributed by atoms with van der Waals surface area (Å²) in [7, 11) is 0. The van der Waals surface area contributed by atoms with Gasteiger partial charge >= 0.3 is 0 Å². The molecule has 0 aliphatic carbocycles. The quantitative estimate of drug-likeness (QED) is 0.792. The maximum Gasteiger partial charge on any atom is 0.248 e. The highest BCUT2D eigenvalue weighted by molar-refractivity contribution is 6.03. The van der Waals surface area contributed by atoms with E-state index in [1.165, 1.54) is 4.90 Å². The van der Waals surface area contributed by atoms with E-state index in [1.807, 2.05) is 32.0 Å². The highest BCUT2D eigenvalue weighted by Gasteiger charge is 2.32. The van der Waals surface area contributed by atoms with Crippen molar-refractivity contribution in [2.24, 2.45) is 5.92 Å². The summed E-state index contributed by atoms with van der Waals surface area (Å²) in [6.45, 7) is 6.18. The van der Waals surface area contributed by atoms with E-state index in [0.717, 1.165) is 16.8 Å². The van der Waals surface area contributed by atoms with E-state index in [0.29, 0.717) is 0 Å². The fraction of sp³-hybridized carbons (Fsp3) is 0.438. The predicted octanol–water partition coefficient (Wildman–Crippen LogP) is 1.64. The Balaban J connectivity index is 2.19. The molecule has 0 spiro atoms. The van der Waals surface area contributed by atoms with E-state index < -0.39 is 0 Å². The molecule has 0 saturated carbocycles. The van der Waals surface area contributed by atoms with Crippen molar-refractivity contribution in [2.45, 2.75) is 20.8 Å². The van der Waals surface area contributed by atoms with Crippen molar-refractivity contribution in [2.75, 3.05) is 24.5 Å². The molecule has 0 bridgehead atoms. The number of aryl methyl sites for hydroxylation is 2. The molecule has 5 nitrogen and oxygen atoms in total. The highest BCUT2D eigenvalue weighted by Crippen LogP contribution is 2.23. The van der Waals surface area contributed by atoms with Gasteiger partial charge in [-0.15, -0.1) is 0 Å². The number of piperazine rings is 1. The summed E-state index contributed by atoms with van der Waals surface area (Å²) in [4.78, 5) is 27.4. The van der Waals surface area contributed by atoms with Crippen molar-refractivity contribution in [3.05, 3.63) is 29.3 Å². The first kappa shape index (κ1) is 15.0. The average Bonchev–Trinajstić information content (AvgIpc) is 2.44. The van der Waals surface area contributed by atoms with Gasteiger partial charge in [0.15, 0.2) is 0 Å². The van der Waals surface area contributed by atoms with Gasteiger partial charge in [-0.1, -0.05) is 12.1 Å². The molecule has 2 amide bonds. The number of amides is 2. The van der Waals surface area contributed by atoms with Crippen molar-refractivity contribution in [1.82, 2.24) is 4.90 Å². The first-order valence-electron chi connectivity index (χ1n) is 6.97. The van der Waals surface area contributed by atoms with Crippen LogP contribution in [0.15, 0.2) is 18.2 Å². The van der Waals surface area contributed by atoms with E-state index in [9.17, 15) is 9.59 Å². The molecule has 0 aromatic heterocycles. The molecule has 1 heterocycles. The predicted molar refractivity (Wildman–Crippen MR) is 79.6 cm³/mol. The molecule has 2 rings (SSSR count). The third-order valence-electron chi connectivity index (χ3n) is 3.64. The maximum absolute atomic E-state index is 12.2. The van der Waals surface area contributed by atoms with Crippen LogP contribution in [-0.4, -0.2) is 36.3 Å². The normalized spacial score (nSPS) is 16.9. The molecule has 1 fully saturated rings. The SMILES string of the molecule is Cc1ccc(C)c(N2CC(=O)N(CC(C)C#N)C(=O)C2)c1. The number of hydrogen-bond acceptors (Lipinski definition) is 4. The minimum absolute atomic E-state index is 0.175. The number of imide groups is 1. The van der Waals surface area contributed by atoms with Gasteiger partial charge in [-0.05, 0) is 38.0 Å². The third-order valence-corrected chi connectivity index (χ3v) is 3.64. The fourth-order valence-electron chi connectivity index (χ4n) is 2.44. The maximum atomic E-state index is 12.2. The largest absolute Gasteiger partial charge is 0.353 e. The Kier molecular flexibility index (Phi) is 4.27. The summed E-state index contributed by atoms with van der Waals surface area (Å²) < 4.78 is 0. The van der Waals surface area contributed by atoms with Crippen LogP contribution in [-0.2, 0) is 9.59 Å². The van der Waals surface area contributed by atoms with Crippen LogP contribution in [0.4, 0.5) is 5.69 Å². The number of rotatable bonds is 3. The van der Waals surface area contributed by atoms with Crippen LogP contribution >= 0.6 is 0 Å². The zero-order valence-electron chi connectivity index (χ0n) is 12.6. The van der Waals surface area contributed by atoms with E-state index in [2.05, 4.69) is 6.07 Å². The monoisotopic (exact) mass is 285 g/mol. The molecule has 1 aliphatic heterocycles. The van der Waals surface area contributed by atoms with Gasteiger partial charge in [0.25, 0.3) is 0 Å². The molecule has 5 heteroatoms. The van der Waals surface area contributed by atoms with Gasteiger partial charge in [-0.25, -0.2) is 0 Å². The van der Waals surface area contributed by atoms with Crippen LogP contribution < -0.4 is 4.90 Å². The minimum Gasteiger partial charge on any atom is -0.353 e. The summed E-state index contributed by atoms with van der Waals surface area (Å²) in [6, 6.07) is 8.04. The summed E-state index contributed by atoms with van der Waals surface area (Å²) in [5.74, 6) is -0.825. The Morgan fingerprint density at radius 3 is 2.43 bits per heavy atom. The summed E-state index contributed by atoms with van der Waals surface area (Å²) in [5, 5.41) is 8.83. The molecule has 1 aromatic rings. The molecule has 110 valence electrons. The first-order chi connectivity index (χ1) is 9.92. The lowest BCUT2D eigenvalue weighted by atomic mass is 10.1. The van der Waals surface area contributed by atoms with Crippen LogP contribution in [0, 0.1) is 31.1 Å². The summed E-state index contributed by atoms with van der Waals surface area (Å²) >= 11 is 0. The lowest BCUT2D eigenvalue weighted by molar-refractivity contribution is -0.145. The number of anilines is 1. The standard InChI is InChI=1S/C16H19N3O2/c1-11-4-5-13(3)14(6-11)18-9-15(20)19(16(21)10-18)8-12(2)7-17/h4-6,12H,8-10H2,1-3H3. The van der Waals surface area contributed by atoms with Crippen LogP contribution in [0.5, 0.6) is 0 Å². The van der Waals surface area contributed by atoms with Crippen LogP contribution in [0.25, 0.3) is 0 Å². The first-order valence-corrected chi connectivity index (χ1v) is 6.97. The Morgan fingerprint density at radius 2 is 1.86 bits per heavy atom. The van der Waals surface area contributed by atoms with Crippen LogP contribution in [0.3, 0.4) is 0 Å². The van der Waals surface area contributed by atoms with E-state index in [-0.39, 0.29) is 37.4 Å². The van der Waals surface area contributed by atoms with Gasteiger partial charge in [0, 0.05) is 12.2 Å². The molecule has 1 aliphatic rings. The van der Waals surface area contributed by atoms with Gasteiger partial charge in [0.1, 0.15) is 0 Å². The topological polar surface area (TPSA) is 64.4 Å². The Hall–Kier alpha value is -2.35. The summed E-state index contributed by atoms with van der Waals surface area (Å²) in [5.41, 5.74) is 3.06. The lowest BCUT2D eigenvalue weighted by Gasteiger charge is -2.35. The van der Waals surface area contributed by atoms with Crippen molar-refractivity contribution in [1.29, 1.82) is 5.26 Å². The molecule has 0 radical (unpaired) electrons. The van der Waals surface area contributed by atoms with Crippen LogP contribution in [0.1, 0.15) is 18.1 Å². The zero-order chi connectivity index (χ0) is 15.6. The number of carbonyl (C=O) groups is 2. The van der Waals surface area contributed by atoms with E-state index in [4.69, 9.17) is 5.26 Å². The third kappa shape index (κ3) is 3.22. The van der Waals surface area contributed by atoms with Gasteiger partial charge in [0.05, 0.1) is 25.1 Å². The number of nitriles is 1. The van der Waals surface area contributed by atoms with Gasteiger partial charge < -0.3 is 4.90 Å². The van der Waals surface area contributed by atoms with E-state index >= 15 is 0 Å². The lowest BCUT2D eigenvalue weighted by Crippen LogP contribution is -2.55. The number of benzene rings is 1. The highest BCUT2D eigenvalue weighted by atomic mass is 16.2. The van der Waals surface area contributed by atoms with E-state index in [1.54, 1.807) is 11.8 Å². The van der Waals surface area contributed by atoms with Crippen molar-refractivity contribution in [3.8, 4) is 6.07 Å². The minimum atomic E-state index is -0.342. The average molecular weight is 285 g/mol. The number of hydrogen-bond donors (Lipinski definition) is 0. The molecule has 1 aromatic carbocycles. The van der Waals surface area contributed by atoms with Crippen molar-refractivity contribution >= 4 is 17.5 Å². The molecule has 21 heavy (non-hydrogen) atoms. The summed E-state index contributed by atoms with van der Waals surface area (Å²) in [6.07, 6.45) is 0. The number of carbonyl (C=O) groups excluding carboxylic acids is 2. The molecular weight excluding hydrogens is 266 g/mol. The Labute approximate surface area is 124 Å². The molecular formula is C16H19N3O2. The molecule has 1 saturated heterocycles. The second-order valence-corrected chi connectivity index (χ2v) is 5.57. The van der Waals surface area contributed by atoms with Crippen LogP contribution in [0.2, 0.25) is 0 Å². The van der Waals surface area contributed by atoms with Crippen molar-refractivity contribution in [3.63, 3.8) is 0 Å². The zero-order valence-corrected chi connectivity index (χ0v) is 12.6. The van der Waals surface area contributed by atoms with Gasteiger partial charge in [-0.2, -0.15) is 5.26 Å². The van der Waals surface area contributed by atoms with Gasteiger partial charge in [0.2, 0.25) is 11.8 Å². The molecule has 1 unspecified atom stereocenters. The smallest absolute Gasteiger partial charge is 0.248 e. The van der Waals surface area contributed by atoms with Gasteiger partial charge in [-0.3, -0.25) is 14.5 Å². The Morgan fingerprint density at radius 1 is 1.24 bits per heavy atom. The number of nitrogens with zero attached hydrogens (tertiary/aromatic N) is 3. The molecule has 1 atom stereocenters. The Bertz CT molecular complexity index is 600. The second-order valence-electron chi connectivity index (χ2n) is 5.57. The fourth-order valence-corrected chi connectivity index (χ4v) is 2.44.